The van der Waals surface area contributed by atoms with Crippen molar-refractivity contribution in [2.24, 2.45) is 0 Å². The number of hydrogen-bond donors (Lipinski definition) is 0. The monoisotopic (exact) mass is 432 g/mol. The molecular weight excluding hydrogens is 412 g/mol. The number of fused-ring (bicyclic) bond motifs is 2. The van der Waals surface area contributed by atoms with Gasteiger partial charge in [-0.15, -0.1) is 0 Å². The number of ether oxygens (including phenoxy) is 2. The molecular formula is C24H20N2O6. The van der Waals surface area contributed by atoms with Gasteiger partial charge in [-0.25, -0.2) is 14.6 Å². The molecule has 8 nitrogen and oxygen atoms in total. The van der Waals surface area contributed by atoms with Crippen LogP contribution in [0, 0.1) is 10.1 Å². The molecule has 0 saturated heterocycles. The number of aromatic nitrogens is 1. The molecule has 2 aromatic carbocycles. The van der Waals surface area contributed by atoms with E-state index in [4.69, 9.17) is 9.72 Å². The Balaban J connectivity index is 1.80. The highest BCUT2D eigenvalue weighted by atomic mass is 16.6. The summed E-state index contributed by atoms with van der Waals surface area (Å²) in [4.78, 5) is 39.7. The Kier molecular flexibility index (Phi) is 5.93. The number of nitrogens with zero attached hydrogens (tertiary/aromatic N) is 2. The topological polar surface area (TPSA) is 109 Å². The molecule has 0 spiro atoms. The van der Waals surface area contributed by atoms with Crippen LogP contribution < -0.4 is 0 Å². The third-order valence-electron chi connectivity index (χ3n) is 5.37. The standard InChI is InChI=1S/C24H20N2O6/c1-31-21(27)14-32-24(28)22-18-6-2-3-8-20(18)25-23-16(5-4-7-19(22)23)13-15-9-11-17(12-10-15)26(29)30/h2-3,6,8-13H,4-5,7,14H2,1H3. The number of non-ortho nitro benzene ring substituents is 1. The molecule has 162 valence electrons. The SMILES string of the molecule is COC(=O)COC(=O)c1c2c(nc3ccccc13)C(=Cc1ccc([N+](=O)[O-])cc1)CCC2. The smallest absolute Gasteiger partial charge is 0.344 e. The maximum Gasteiger partial charge on any atom is 0.344 e. The van der Waals surface area contributed by atoms with Crippen LogP contribution in [0.4, 0.5) is 5.69 Å². The number of allylic oxidation sites excluding steroid dienone is 1. The van der Waals surface area contributed by atoms with Crippen LogP contribution in [0.15, 0.2) is 48.5 Å². The highest BCUT2D eigenvalue weighted by molar-refractivity contribution is 6.07. The minimum atomic E-state index is -0.635. The molecule has 0 fully saturated rings. The van der Waals surface area contributed by atoms with Gasteiger partial charge in [0, 0.05) is 17.5 Å². The van der Waals surface area contributed by atoms with Gasteiger partial charge >= 0.3 is 11.9 Å². The van der Waals surface area contributed by atoms with Crippen molar-refractivity contribution in [1.82, 2.24) is 4.98 Å². The third-order valence-corrected chi connectivity index (χ3v) is 5.37. The zero-order chi connectivity index (χ0) is 22.7. The molecule has 0 atom stereocenters. The molecule has 1 aromatic heterocycles. The van der Waals surface area contributed by atoms with Crippen molar-refractivity contribution < 1.29 is 24.0 Å². The fourth-order valence-electron chi connectivity index (χ4n) is 3.86. The van der Waals surface area contributed by atoms with Gasteiger partial charge in [-0.2, -0.15) is 0 Å². The molecule has 0 bridgehead atoms. The summed E-state index contributed by atoms with van der Waals surface area (Å²) in [6, 6.07) is 13.6. The van der Waals surface area contributed by atoms with Gasteiger partial charge in [0.2, 0.25) is 0 Å². The van der Waals surface area contributed by atoms with E-state index in [-0.39, 0.29) is 5.69 Å². The molecule has 0 saturated carbocycles. The fourth-order valence-corrected chi connectivity index (χ4v) is 3.86. The van der Waals surface area contributed by atoms with Gasteiger partial charge in [-0.3, -0.25) is 10.1 Å². The molecule has 0 amide bonds. The van der Waals surface area contributed by atoms with E-state index >= 15 is 0 Å². The second-order valence-corrected chi connectivity index (χ2v) is 7.36. The lowest BCUT2D eigenvalue weighted by Gasteiger charge is -2.22. The van der Waals surface area contributed by atoms with E-state index in [1.165, 1.54) is 19.2 Å². The van der Waals surface area contributed by atoms with E-state index in [9.17, 15) is 19.7 Å². The Morgan fingerprint density at radius 1 is 1.12 bits per heavy atom. The Hall–Kier alpha value is -4.07. The lowest BCUT2D eigenvalue weighted by molar-refractivity contribution is -0.384. The molecule has 8 heteroatoms. The number of benzene rings is 2. The molecule has 1 aliphatic rings. The number of esters is 2. The molecule has 4 rings (SSSR count). The molecule has 0 radical (unpaired) electrons. The lowest BCUT2D eigenvalue weighted by Crippen LogP contribution is -2.19. The predicted octanol–water partition coefficient (Wildman–Crippen LogP) is 4.35. The molecule has 1 aliphatic carbocycles. The fraction of sp³-hybridized carbons (Fsp3) is 0.208. The lowest BCUT2D eigenvalue weighted by atomic mass is 9.86. The Morgan fingerprint density at radius 3 is 2.59 bits per heavy atom. The minimum Gasteiger partial charge on any atom is -0.466 e. The molecule has 0 unspecified atom stereocenters. The van der Waals surface area contributed by atoms with E-state index in [1.54, 1.807) is 12.1 Å². The van der Waals surface area contributed by atoms with Gasteiger partial charge in [0.25, 0.3) is 5.69 Å². The van der Waals surface area contributed by atoms with Crippen molar-refractivity contribution in [1.29, 1.82) is 0 Å². The van der Waals surface area contributed by atoms with Crippen molar-refractivity contribution in [2.45, 2.75) is 19.3 Å². The van der Waals surface area contributed by atoms with E-state index < -0.39 is 23.5 Å². The second-order valence-electron chi connectivity index (χ2n) is 7.36. The van der Waals surface area contributed by atoms with Crippen LogP contribution in [0.3, 0.4) is 0 Å². The normalized spacial score (nSPS) is 14.1. The molecule has 0 aliphatic heterocycles. The first-order valence-corrected chi connectivity index (χ1v) is 10.1. The highest BCUT2D eigenvalue weighted by Gasteiger charge is 2.26. The summed E-state index contributed by atoms with van der Waals surface area (Å²) < 4.78 is 9.78. The van der Waals surface area contributed by atoms with Crippen molar-refractivity contribution in [3.05, 3.63) is 81.0 Å². The van der Waals surface area contributed by atoms with Crippen LogP contribution in [0.2, 0.25) is 0 Å². The van der Waals surface area contributed by atoms with Crippen LogP contribution >= 0.6 is 0 Å². The maximum absolute atomic E-state index is 13.0. The first-order valence-electron chi connectivity index (χ1n) is 10.1. The molecule has 0 N–H and O–H groups in total. The van der Waals surface area contributed by atoms with Gasteiger partial charge in [0.05, 0.1) is 28.8 Å². The first kappa shape index (κ1) is 21.2. The third kappa shape index (κ3) is 4.20. The van der Waals surface area contributed by atoms with Gasteiger partial charge in [-0.05, 0) is 60.2 Å². The van der Waals surface area contributed by atoms with Crippen LogP contribution in [0.25, 0.3) is 22.6 Å². The van der Waals surface area contributed by atoms with E-state index in [0.717, 1.165) is 29.5 Å². The highest BCUT2D eigenvalue weighted by Crippen LogP contribution is 2.36. The van der Waals surface area contributed by atoms with Crippen LogP contribution in [-0.2, 0) is 20.7 Å². The average Bonchev–Trinajstić information content (AvgIpc) is 2.81. The number of hydrogen-bond acceptors (Lipinski definition) is 7. The summed E-state index contributed by atoms with van der Waals surface area (Å²) >= 11 is 0. The zero-order valence-corrected chi connectivity index (χ0v) is 17.4. The number of carbonyl (C=O) groups is 2. The van der Waals surface area contributed by atoms with Crippen LogP contribution in [0.1, 0.15) is 40.0 Å². The van der Waals surface area contributed by atoms with Crippen LogP contribution in [0.5, 0.6) is 0 Å². The van der Waals surface area contributed by atoms with E-state index in [2.05, 4.69) is 4.74 Å². The first-order chi connectivity index (χ1) is 15.5. The van der Waals surface area contributed by atoms with Crippen molar-refractivity contribution in [3.63, 3.8) is 0 Å². The van der Waals surface area contributed by atoms with Crippen LogP contribution in [-0.4, -0.2) is 35.6 Å². The number of pyridine rings is 1. The average molecular weight is 432 g/mol. The number of para-hydroxylation sites is 1. The number of nitro benzene ring substituents is 1. The van der Waals surface area contributed by atoms with Crippen molar-refractivity contribution in [2.75, 3.05) is 13.7 Å². The Morgan fingerprint density at radius 2 is 1.88 bits per heavy atom. The summed E-state index contributed by atoms with van der Waals surface area (Å²) in [5, 5.41) is 11.6. The molecule has 1 heterocycles. The number of nitro groups is 1. The van der Waals surface area contributed by atoms with Gasteiger partial charge in [-0.1, -0.05) is 18.2 Å². The Bertz CT molecular complexity index is 1250. The molecule has 32 heavy (non-hydrogen) atoms. The zero-order valence-electron chi connectivity index (χ0n) is 17.4. The summed E-state index contributed by atoms with van der Waals surface area (Å²) in [7, 11) is 1.23. The Labute approximate surface area is 183 Å². The minimum absolute atomic E-state index is 0.0240. The van der Waals surface area contributed by atoms with E-state index in [0.29, 0.717) is 28.6 Å². The van der Waals surface area contributed by atoms with Gasteiger partial charge < -0.3 is 9.47 Å². The van der Waals surface area contributed by atoms with Gasteiger partial charge in [0.1, 0.15) is 0 Å². The number of methoxy groups -OCH3 is 1. The second kappa shape index (κ2) is 8.97. The summed E-state index contributed by atoms with van der Waals surface area (Å²) in [6.07, 6.45) is 4.15. The summed E-state index contributed by atoms with van der Waals surface area (Å²) in [6.45, 7) is -0.466. The predicted molar refractivity (Wildman–Crippen MR) is 118 cm³/mol. The quantitative estimate of drug-likeness (QED) is 0.335. The summed E-state index contributed by atoms with van der Waals surface area (Å²) in [5.74, 6) is -1.23. The molecule has 3 aromatic rings. The number of rotatable bonds is 5. The maximum atomic E-state index is 13.0. The summed E-state index contributed by atoms with van der Waals surface area (Å²) in [5.41, 5.74) is 4.31. The van der Waals surface area contributed by atoms with Crippen molar-refractivity contribution in [3.8, 4) is 0 Å². The van der Waals surface area contributed by atoms with Crippen molar-refractivity contribution >= 4 is 40.2 Å². The largest absolute Gasteiger partial charge is 0.466 e. The van der Waals surface area contributed by atoms with E-state index in [1.807, 2.05) is 30.3 Å². The van der Waals surface area contributed by atoms with Gasteiger partial charge in [0.15, 0.2) is 6.61 Å². The number of carbonyl (C=O) groups excluding carboxylic acids is 2.